The van der Waals surface area contributed by atoms with Crippen molar-refractivity contribution in [2.75, 3.05) is 19.9 Å². The number of nitrogens with one attached hydrogen (secondary N) is 1. The zero-order valence-electron chi connectivity index (χ0n) is 9.82. The summed E-state index contributed by atoms with van der Waals surface area (Å²) in [6, 6.07) is 3.39. The lowest BCUT2D eigenvalue weighted by Crippen LogP contribution is -2.25. The third kappa shape index (κ3) is 4.52. The molecular formula is C11H15NO4S. The minimum atomic E-state index is -0.354. The van der Waals surface area contributed by atoms with Gasteiger partial charge in [0.25, 0.3) is 5.91 Å². The summed E-state index contributed by atoms with van der Waals surface area (Å²) in [6.07, 6.45) is 2.11. The zero-order chi connectivity index (χ0) is 12.7. The van der Waals surface area contributed by atoms with Crippen molar-refractivity contribution in [1.82, 2.24) is 5.32 Å². The monoisotopic (exact) mass is 257 g/mol. The quantitative estimate of drug-likeness (QED) is 0.781. The number of hydrogen-bond acceptors (Lipinski definition) is 5. The van der Waals surface area contributed by atoms with Crippen molar-refractivity contribution in [2.24, 2.45) is 0 Å². The van der Waals surface area contributed by atoms with Crippen LogP contribution in [0.3, 0.4) is 0 Å². The highest BCUT2D eigenvalue weighted by Crippen LogP contribution is 2.13. The van der Waals surface area contributed by atoms with Crippen molar-refractivity contribution < 1.29 is 18.7 Å². The van der Waals surface area contributed by atoms with E-state index in [2.05, 4.69) is 10.1 Å². The molecule has 0 aromatic carbocycles. The number of thioether (sulfide) groups is 1. The minimum Gasteiger partial charge on any atom is -0.469 e. The SMILES string of the molecule is COC(=O)CCNC(=O)c1ccc(CSC)o1. The van der Waals surface area contributed by atoms with Gasteiger partial charge in [-0.3, -0.25) is 9.59 Å². The van der Waals surface area contributed by atoms with Gasteiger partial charge in [0.2, 0.25) is 0 Å². The second kappa shape index (κ2) is 7.01. The Kier molecular flexibility index (Phi) is 5.62. The molecule has 1 aromatic heterocycles. The Hall–Kier alpha value is -1.43. The van der Waals surface area contributed by atoms with Crippen LogP contribution in [0.4, 0.5) is 0 Å². The van der Waals surface area contributed by atoms with Crippen molar-refractivity contribution in [3.05, 3.63) is 23.7 Å². The molecular weight excluding hydrogens is 242 g/mol. The molecule has 0 fully saturated rings. The zero-order valence-corrected chi connectivity index (χ0v) is 10.6. The van der Waals surface area contributed by atoms with Crippen molar-refractivity contribution >= 4 is 23.6 Å². The molecule has 0 aliphatic heterocycles. The fourth-order valence-corrected chi connectivity index (χ4v) is 1.63. The van der Waals surface area contributed by atoms with Gasteiger partial charge in [-0.15, -0.1) is 0 Å². The Bertz CT molecular complexity index is 389. The number of carbonyl (C=O) groups is 2. The maximum Gasteiger partial charge on any atom is 0.307 e. The van der Waals surface area contributed by atoms with Crippen molar-refractivity contribution in [2.45, 2.75) is 12.2 Å². The molecule has 1 amide bonds. The lowest BCUT2D eigenvalue weighted by molar-refractivity contribution is -0.140. The van der Waals surface area contributed by atoms with Crippen molar-refractivity contribution in [3.8, 4) is 0 Å². The summed E-state index contributed by atoms with van der Waals surface area (Å²) in [4.78, 5) is 22.4. The molecule has 94 valence electrons. The number of carbonyl (C=O) groups excluding carboxylic acids is 2. The highest BCUT2D eigenvalue weighted by Gasteiger charge is 2.11. The van der Waals surface area contributed by atoms with Gasteiger partial charge in [-0.05, 0) is 18.4 Å². The Morgan fingerprint density at radius 3 is 2.88 bits per heavy atom. The second-order valence-electron chi connectivity index (χ2n) is 3.28. The van der Waals surface area contributed by atoms with E-state index in [9.17, 15) is 9.59 Å². The van der Waals surface area contributed by atoms with E-state index in [-0.39, 0.29) is 30.6 Å². The van der Waals surface area contributed by atoms with Gasteiger partial charge in [0, 0.05) is 6.54 Å². The molecule has 0 saturated carbocycles. The van der Waals surface area contributed by atoms with E-state index >= 15 is 0 Å². The van der Waals surface area contributed by atoms with Crippen molar-refractivity contribution in [1.29, 1.82) is 0 Å². The average molecular weight is 257 g/mol. The number of ether oxygens (including phenoxy) is 1. The van der Waals surface area contributed by atoms with Crippen LogP contribution in [0.1, 0.15) is 22.7 Å². The number of hydrogen-bond donors (Lipinski definition) is 1. The van der Waals surface area contributed by atoms with Gasteiger partial charge >= 0.3 is 5.97 Å². The molecule has 1 rings (SSSR count). The van der Waals surface area contributed by atoms with Gasteiger partial charge in [0.1, 0.15) is 5.76 Å². The molecule has 5 nitrogen and oxygen atoms in total. The van der Waals surface area contributed by atoms with Gasteiger partial charge < -0.3 is 14.5 Å². The number of methoxy groups -OCH3 is 1. The Labute approximate surface area is 104 Å². The summed E-state index contributed by atoms with van der Waals surface area (Å²) in [5, 5.41) is 2.58. The molecule has 0 aliphatic rings. The van der Waals surface area contributed by atoms with Crippen LogP contribution >= 0.6 is 11.8 Å². The summed E-state index contributed by atoms with van der Waals surface area (Å²) in [5.74, 6) is 1.08. The molecule has 1 aromatic rings. The van der Waals surface area contributed by atoms with E-state index in [1.165, 1.54) is 7.11 Å². The number of esters is 1. The maximum absolute atomic E-state index is 11.6. The molecule has 1 heterocycles. The predicted octanol–water partition coefficient (Wildman–Crippen LogP) is 1.44. The molecule has 0 saturated heterocycles. The van der Waals surface area contributed by atoms with E-state index in [1.54, 1.807) is 23.9 Å². The van der Waals surface area contributed by atoms with Crippen LogP contribution in [0.2, 0.25) is 0 Å². The molecule has 0 unspecified atom stereocenters. The van der Waals surface area contributed by atoms with E-state index in [0.29, 0.717) is 0 Å². The van der Waals surface area contributed by atoms with Gasteiger partial charge in [0.05, 0.1) is 19.3 Å². The summed E-state index contributed by atoms with van der Waals surface area (Å²) in [7, 11) is 1.31. The topological polar surface area (TPSA) is 68.5 Å². The van der Waals surface area contributed by atoms with Crippen LogP contribution in [0.25, 0.3) is 0 Å². The molecule has 6 heteroatoms. The summed E-state index contributed by atoms with van der Waals surface area (Å²) in [5.41, 5.74) is 0. The predicted molar refractivity (Wildman–Crippen MR) is 64.9 cm³/mol. The molecule has 17 heavy (non-hydrogen) atoms. The van der Waals surface area contributed by atoms with Crippen molar-refractivity contribution in [3.63, 3.8) is 0 Å². The maximum atomic E-state index is 11.6. The average Bonchev–Trinajstić information content (AvgIpc) is 2.78. The van der Waals surface area contributed by atoms with Crippen LogP contribution in [0.15, 0.2) is 16.5 Å². The first-order chi connectivity index (χ1) is 8.17. The molecule has 0 aliphatic carbocycles. The second-order valence-corrected chi connectivity index (χ2v) is 4.15. The molecule has 0 atom stereocenters. The van der Waals surface area contributed by atoms with Crippen LogP contribution in [0.5, 0.6) is 0 Å². The smallest absolute Gasteiger partial charge is 0.307 e. The Morgan fingerprint density at radius 1 is 1.47 bits per heavy atom. The summed E-state index contributed by atoms with van der Waals surface area (Å²) < 4.78 is 9.78. The highest BCUT2D eigenvalue weighted by molar-refractivity contribution is 7.97. The van der Waals surface area contributed by atoms with E-state index < -0.39 is 0 Å². The van der Waals surface area contributed by atoms with Gasteiger partial charge in [-0.25, -0.2) is 0 Å². The number of rotatable bonds is 6. The fraction of sp³-hybridized carbons (Fsp3) is 0.455. The van der Waals surface area contributed by atoms with Crippen LogP contribution in [-0.2, 0) is 15.3 Å². The highest BCUT2D eigenvalue weighted by atomic mass is 32.2. The summed E-state index contributed by atoms with van der Waals surface area (Å²) in [6.45, 7) is 0.240. The Balaban J connectivity index is 2.38. The molecule has 1 N–H and O–H groups in total. The van der Waals surface area contributed by atoms with E-state index in [4.69, 9.17) is 4.42 Å². The van der Waals surface area contributed by atoms with Gasteiger partial charge in [-0.1, -0.05) is 0 Å². The first kappa shape index (κ1) is 13.6. The number of amides is 1. The van der Waals surface area contributed by atoms with E-state index in [0.717, 1.165) is 11.5 Å². The van der Waals surface area contributed by atoms with E-state index in [1.807, 2.05) is 6.26 Å². The first-order valence-corrected chi connectivity index (χ1v) is 6.49. The molecule has 0 radical (unpaired) electrons. The van der Waals surface area contributed by atoms with Crippen LogP contribution < -0.4 is 5.32 Å². The number of furan rings is 1. The van der Waals surface area contributed by atoms with Gasteiger partial charge in [-0.2, -0.15) is 11.8 Å². The minimum absolute atomic E-state index is 0.153. The lowest BCUT2D eigenvalue weighted by atomic mass is 10.4. The molecule has 0 spiro atoms. The van der Waals surface area contributed by atoms with Gasteiger partial charge in [0.15, 0.2) is 5.76 Å². The largest absolute Gasteiger partial charge is 0.469 e. The fourth-order valence-electron chi connectivity index (χ4n) is 1.19. The normalized spacial score (nSPS) is 10.0. The van der Waals surface area contributed by atoms with Crippen LogP contribution in [-0.4, -0.2) is 31.8 Å². The first-order valence-electron chi connectivity index (χ1n) is 5.10. The van der Waals surface area contributed by atoms with Crippen LogP contribution in [0, 0.1) is 0 Å². The molecule has 0 bridgehead atoms. The Morgan fingerprint density at radius 2 is 2.24 bits per heavy atom. The lowest BCUT2D eigenvalue weighted by Gasteiger charge is -2.01. The summed E-state index contributed by atoms with van der Waals surface area (Å²) >= 11 is 1.62. The third-order valence-corrected chi connectivity index (χ3v) is 2.59. The standard InChI is InChI=1S/C11H15NO4S/c1-15-10(13)5-6-12-11(14)9-4-3-8(16-9)7-17-2/h3-4H,5-7H2,1-2H3,(H,12,14). The third-order valence-electron chi connectivity index (χ3n) is 2.01.